The Morgan fingerprint density at radius 1 is 1.33 bits per heavy atom. The molecule has 0 aliphatic heterocycles. The number of para-hydroxylation sites is 1. The van der Waals surface area contributed by atoms with Gasteiger partial charge in [-0.25, -0.2) is 4.98 Å². The molecule has 0 radical (unpaired) electrons. The van der Waals surface area contributed by atoms with Gasteiger partial charge in [0.25, 0.3) is 0 Å². The predicted molar refractivity (Wildman–Crippen MR) is 90.0 cm³/mol. The molecule has 2 aromatic heterocycles. The zero-order valence-corrected chi connectivity index (χ0v) is 14.2. The maximum Gasteiger partial charge on any atom is 0.111 e. The van der Waals surface area contributed by atoms with Gasteiger partial charge in [0.15, 0.2) is 0 Å². The first kappa shape index (κ1) is 14.6. The molecule has 3 nitrogen and oxygen atoms in total. The highest BCUT2D eigenvalue weighted by Gasteiger charge is 2.14. The van der Waals surface area contributed by atoms with Crippen LogP contribution in [0.15, 0.2) is 34.1 Å². The summed E-state index contributed by atoms with van der Waals surface area (Å²) in [4.78, 5) is 5.86. The number of thiophene rings is 1. The molecule has 0 spiro atoms. The number of aromatic nitrogens is 2. The third-order valence-electron chi connectivity index (χ3n) is 3.24. The van der Waals surface area contributed by atoms with E-state index in [0.29, 0.717) is 17.9 Å². The van der Waals surface area contributed by atoms with E-state index in [1.165, 1.54) is 4.88 Å². The number of hydrogen-bond acceptors (Lipinski definition) is 3. The molecule has 0 bridgehead atoms. The summed E-state index contributed by atoms with van der Waals surface area (Å²) in [5.74, 6) is 1.44. The van der Waals surface area contributed by atoms with Crippen LogP contribution in [0.5, 0.6) is 0 Å². The Hall–Kier alpha value is -1.35. The molecular weight excluding hydrogens is 370 g/mol. The van der Waals surface area contributed by atoms with E-state index in [1.54, 1.807) is 17.4 Å². The highest BCUT2D eigenvalue weighted by atomic mass is 79.9. The zero-order chi connectivity index (χ0) is 14.8. The number of aryl methyl sites for hydroxylation is 1. The van der Waals surface area contributed by atoms with Gasteiger partial charge in [-0.3, -0.25) is 0 Å². The van der Waals surface area contributed by atoms with Crippen LogP contribution < -0.4 is 0 Å². The third-order valence-corrected chi connectivity index (χ3v) is 5.04. The number of nitrogens with zero attached hydrogens (tertiary/aromatic N) is 3. The van der Waals surface area contributed by atoms with Gasteiger partial charge in [0, 0.05) is 17.2 Å². The molecule has 0 fully saturated rings. The van der Waals surface area contributed by atoms with E-state index in [-0.39, 0.29) is 0 Å². The van der Waals surface area contributed by atoms with Gasteiger partial charge in [0.05, 0.1) is 21.4 Å². The van der Waals surface area contributed by atoms with Crippen LogP contribution in [0.25, 0.3) is 11.0 Å². The topological polar surface area (TPSA) is 41.6 Å². The second kappa shape index (κ2) is 6.18. The summed E-state index contributed by atoms with van der Waals surface area (Å²) in [6, 6.07) is 12.0. The molecule has 6 heteroatoms. The third kappa shape index (κ3) is 2.84. The summed E-state index contributed by atoms with van der Waals surface area (Å²) in [5.41, 5.74) is 2.35. The molecule has 0 amide bonds. The van der Waals surface area contributed by atoms with Gasteiger partial charge in [-0.2, -0.15) is 5.26 Å². The van der Waals surface area contributed by atoms with E-state index in [4.69, 9.17) is 11.6 Å². The fourth-order valence-electron chi connectivity index (χ4n) is 2.33. The van der Waals surface area contributed by atoms with E-state index >= 15 is 0 Å². The first-order valence-corrected chi connectivity index (χ1v) is 8.55. The van der Waals surface area contributed by atoms with E-state index in [1.807, 2.05) is 18.2 Å². The van der Waals surface area contributed by atoms with E-state index < -0.39 is 0 Å². The fraction of sp³-hybridized carbons (Fsp3) is 0.200. The lowest BCUT2D eigenvalue weighted by molar-refractivity contribution is 0.763. The first-order chi connectivity index (χ1) is 10.2. The van der Waals surface area contributed by atoms with Gasteiger partial charge in [-0.1, -0.05) is 6.07 Å². The normalized spacial score (nSPS) is 10.9. The Kier molecular flexibility index (Phi) is 4.29. The lowest BCUT2D eigenvalue weighted by Crippen LogP contribution is -2.04. The van der Waals surface area contributed by atoms with Crippen molar-refractivity contribution in [2.24, 2.45) is 0 Å². The molecule has 0 aliphatic rings. The Morgan fingerprint density at radius 3 is 2.86 bits per heavy atom. The zero-order valence-electron chi connectivity index (χ0n) is 11.0. The van der Waals surface area contributed by atoms with Gasteiger partial charge < -0.3 is 4.57 Å². The lowest BCUT2D eigenvalue weighted by atomic mass is 10.2. The Balaban J connectivity index is 2.14. The van der Waals surface area contributed by atoms with Crippen molar-refractivity contribution in [1.82, 2.24) is 9.55 Å². The molecular formula is C15H11BrClN3S. The summed E-state index contributed by atoms with van der Waals surface area (Å²) in [6.45, 7) is 0.744. The van der Waals surface area contributed by atoms with Crippen LogP contribution in [0.2, 0.25) is 0 Å². The van der Waals surface area contributed by atoms with Crippen molar-refractivity contribution in [3.05, 3.63) is 50.4 Å². The molecule has 0 unspecified atom stereocenters. The average molecular weight is 381 g/mol. The highest BCUT2D eigenvalue weighted by Crippen LogP contribution is 2.26. The van der Waals surface area contributed by atoms with Crippen molar-refractivity contribution >= 4 is 49.9 Å². The predicted octanol–water partition coefficient (Wildman–Crippen LogP) is 4.56. The van der Waals surface area contributed by atoms with Crippen molar-refractivity contribution in [1.29, 1.82) is 5.26 Å². The quantitative estimate of drug-likeness (QED) is 0.623. The summed E-state index contributed by atoms with van der Waals surface area (Å²) in [6.07, 6.45) is 0.688. The second-order valence-corrected chi connectivity index (χ2v) is 7.47. The standard InChI is InChI=1S/C15H11BrClN3S/c16-13-5-4-11(21-13)9-20-12-3-1-2-10(8-18)15(12)19-14(20)6-7-17/h1-5H,6-7,9H2. The summed E-state index contributed by atoms with van der Waals surface area (Å²) in [5, 5.41) is 9.23. The molecule has 3 rings (SSSR count). The molecule has 21 heavy (non-hydrogen) atoms. The number of halogens is 2. The number of hydrogen-bond donors (Lipinski definition) is 0. The van der Waals surface area contributed by atoms with Gasteiger partial charge in [0.1, 0.15) is 17.4 Å². The average Bonchev–Trinajstić information content (AvgIpc) is 3.04. The van der Waals surface area contributed by atoms with Crippen molar-refractivity contribution in [2.45, 2.75) is 13.0 Å². The Bertz CT molecular complexity index is 831. The molecule has 0 aliphatic carbocycles. The van der Waals surface area contributed by atoms with E-state index in [2.05, 4.69) is 37.6 Å². The number of benzene rings is 1. The van der Waals surface area contributed by atoms with Crippen molar-refractivity contribution in [2.75, 3.05) is 5.88 Å². The molecule has 0 N–H and O–H groups in total. The second-order valence-electron chi connectivity index (χ2n) is 4.54. The largest absolute Gasteiger partial charge is 0.323 e. The number of rotatable bonds is 4. The minimum atomic E-state index is 0.513. The number of alkyl halides is 1. The number of imidazole rings is 1. The van der Waals surface area contributed by atoms with Gasteiger partial charge in [-0.05, 0) is 40.2 Å². The fourth-order valence-corrected chi connectivity index (χ4v) is 3.97. The monoisotopic (exact) mass is 379 g/mol. The summed E-state index contributed by atoms with van der Waals surface area (Å²) < 4.78 is 3.26. The first-order valence-electron chi connectivity index (χ1n) is 6.41. The number of nitriles is 1. The smallest absolute Gasteiger partial charge is 0.111 e. The van der Waals surface area contributed by atoms with Gasteiger partial charge in [-0.15, -0.1) is 22.9 Å². The van der Waals surface area contributed by atoms with Crippen LogP contribution in [0.3, 0.4) is 0 Å². The van der Waals surface area contributed by atoms with E-state index in [9.17, 15) is 5.26 Å². The molecule has 106 valence electrons. The summed E-state index contributed by atoms with van der Waals surface area (Å²) >= 11 is 11.1. The van der Waals surface area contributed by atoms with Crippen LogP contribution in [0.1, 0.15) is 16.3 Å². The van der Waals surface area contributed by atoms with Gasteiger partial charge in [0.2, 0.25) is 0 Å². The van der Waals surface area contributed by atoms with Crippen LogP contribution >= 0.6 is 38.9 Å². The minimum Gasteiger partial charge on any atom is -0.323 e. The Morgan fingerprint density at radius 2 is 2.19 bits per heavy atom. The van der Waals surface area contributed by atoms with Crippen molar-refractivity contribution in [3.8, 4) is 6.07 Å². The molecule has 0 saturated carbocycles. The van der Waals surface area contributed by atoms with Crippen LogP contribution in [0.4, 0.5) is 0 Å². The molecule has 0 atom stereocenters. The summed E-state index contributed by atoms with van der Waals surface area (Å²) in [7, 11) is 0. The van der Waals surface area contributed by atoms with Crippen LogP contribution in [-0.2, 0) is 13.0 Å². The maximum absolute atomic E-state index is 9.23. The minimum absolute atomic E-state index is 0.513. The van der Waals surface area contributed by atoms with Crippen molar-refractivity contribution < 1.29 is 0 Å². The molecule has 3 aromatic rings. The van der Waals surface area contributed by atoms with Crippen molar-refractivity contribution in [3.63, 3.8) is 0 Å². The maximum atomic E-state index is 9.23. The molecule has 2 heterocycles. The number of fused-ring (bicyclic) bond motifs is 1. The molecule has 1 aromatic carbocycles. The SMILES string of the molecule is N#Cc1cccc2c1nc(CCCl)n2Cc1ccc(Br)s1. The van der Waals surface area contributed by atoms with Crippen LogP contribution in [0, 0.1) is 11.3 Å². The lowest BCUT2D eigenvalue weighted by Gasteiger charge is -2.06. The van der Waals surface area contributed by atoms with E-state index in [0.717, 1.165) is 27.2 Å². The van der Waals surface area contributed by atoms with Crippen LogP contribution in [-0.4, -0.2) is 15.4 Å². The Labute approximate surface area is 139 Å². The molecule has 0 saturated heterocycles. The van der Waals surface area contributed by atoms with Gasteiger partial charge >= 0.3 is 0 Å². The highest BCUT2D eigenvalue weighted by molar-refractivity contribution is 9.11.